The Bertz CT molecular complexity index is 2690. The second kappa shape index (κ2) is 28.6. The molecule has 0 spiro atoms. The quantitative estimate of drug-likeness (QED) is 0.134. The SMILES string of the molecule is C[C@@H]1C(=O)N[C@H](Cc2ccc(F)cc2)C(=O)NCCCc2ccc(Cl)cc2OCCN[C@@H](C2CC2)C(=O)N1C.C[C@@H]1CN[C@@H](C2CC2)C(=O)N(C)[C@H](C)C(=O)N[C@H](Cc2ccc(Cl)cc2)C(=O)NCCCc2ccccc2O1. The third-order valence-corrected chi connectivity index (χ3v) is 15.3. The number of fused-ring (bicyclic) bond motifs is 2. The van der Waals surface area contributed by atoms with Crippen molar-refractivity contribution >= 4 is 58.6 Å². The first kappa shape index (κ1) is 59.4. The van der Waals surface area contributed by atoms with Crippen LogP contribution in [0.4, 0.5) is 4.39 Å². The topological polar surface area (TPSA) is 200 Å². The van der Waals surface area contributed by atoms with E-state index in [-0.39, 0.29) is 59.7 Å². The third kappa shape index (κ3) is 17.4. The Labute approximate surface area is 467 Å². The van der Waals surface area contributed by atoms with Gasteiger partial charge in [0, 0.05) is 63.2 Å². The Morgan fingerprint density at radius 3 is 1.60 bits per heavy atom. The van der Waals surface area contributed by atoms with Crippen molar-refractivity contribution in [1.29, 1.82) is 0 Å². The normalized spacial score (nSPS) is 25.0. The molecule has 0 aromatic heterocycles. The maximum absolute atomic E-state index is 13.5. The number of likely N-dealkylation sites (N-methyl/N-ethyl adjacent to an activating group) is 2. The summed E-state index contributed by atoms with van der Waals surface area (Å²) >= 11 is 12.2. The van der Waals surface area contributed by atoms with Crippen molar-refractivity contribution in [1.82, 2.24) is 41.7 Å². The average Bonchev–Trinajstić information content (AvgIpc) is 4.39. The van der Waals surface area contributed by atoms with Crippen molar-refractivity contribution < 1.29 is 42.6 Å². The molecule has 16 nitrogen and oxygen atoms in total. The smallest absolute Gasteiger partial charge is 0.243 e. The zero-order valence-electron chi connectivity index (χ0n) is 45.3. The van der Waals surface area contributed by atoms with Crippen LogP contribution in [0.15, 0.2) is 91.0 Å². The van der Waals surface area contributed by atoms with E-state index in [9.17, 15) is 33.2 Å². The van der Waals surface area contributed by atoms with E-state index in [1.807, 2.05) is 49.4 Å². The van der Waals surface area contributed by atoms with Crippen LogP contribution in [0.25, 0.3) is 0 Å². The predicted octanol–water partition coefficient (Wildman–Crippen LogP) is 5.98. The van der Waals surface area contributed by atoms with E-state index in [1.165, 1.54) is 21.9 Å². The number of rotatable bonds is 6. The molecule has 8 rings (SSSR count). The number of hydrogen-bond acceptors (Lipinski definition) is 10. The molecular weight excluding hydrogens is 1040 g/mol. The Balaban J connectivity index is 0.000000226. The van der Waals surface area contributed by atoms with E-state index in [4.69, 9.17) is 32.7 Å². The maximum Gasteiger partial charge on any atom is 0.243 e. The standard InChI is InChI=1S/C30H39ClN4O4.C29H36ClFN4O4/c1-19-18-33-27(23-12-13-23)30(38)35(3)20(2)28(36)34-25(17-21-10-14-24(31)15-11-21)29(37)32-16-6-8-22-7-4-5-9-26(22)39-19;1-18-27(36)34-24(16-19-5-11-23(31)12-6-19)28(37)33-13-3-4-20-9-10-22(30)17-25(20)39-15-14-32-26(21-7-8-21)29(38)35(18)2/h4-5,7,9-11,14-15,19-20,23,25,27,33H,6,8,12-13,16-18H2,1-3H3,(H,32,37)(H,34,36);5-6,9-12,17-18,21,24,26,32H,3-4,7-8,13-16H2,1-2H3,(H,33,37)(H,34,36)/t19-,20-,25-,27+;18-,24-,26+/m11/s1. The molecule has 2 aliphatic heterocycles. The van der Waals surface area contributed by atoms with E-state index in [0.29, 0.717) is 73.4 Å². The lowest BCUT2D eigenvalue weighted by molar-refractivity contribution is -0.141. The molecule has 0 unspecified atom stereocenters. The molecule has 78 heavy (non-hydrogen) atoms. The number of halogens is 3. The summed E-state index contributed by atoms with van der Waals surface area (Å²) in [5.41, 5.74) is 3.61. The molecule has 2 heterocycles. The van der Waals surface area contributed by atoms with Gasteiger partial charge in [0.2, 0.25) is 35.4 Å². The van der Waals surface area contributed by atoms with Gasteiger partial charge in [0.25, 0.3) is 0 Å². The minimum atomic E-state index is -0.889. The number of nitrogens with zero attached hydrogens (tertiary/aromatic N) is 2. The maximum atomic E-state index is 13.5. The van der Waals surface area contributed by atoms with Crippen molar-refractivity contribution in [3.8, 4) is 11.5 Å². The van der Waals surface area contributed by atoms with Gasteiger partial charge in [0.15, 0.2) is 0 Å². The second-order valence-corrected chi connectivity index (χ2v) is 21.8. The number of ether oxygens (including phenoxy) is 2. The molecule has 6 N–H and O–H groups in total. The molecule has 19 heteroatoms. The van der Waals surface area contributed by atoms with Crippen molar-refractivity contribution in [3.05, 3.63) is 129 Å². The third-order valence-electron chi connectivity index (χ3n) is 14.8. The van der Waals surface area contributed by atoms with Gasteiger partial charge in [-0.15, -0.1) is 0 Å². The van der Waals surface area contributed by atoms with Gasteiger partial charge in [-0.2, -0.15) is 0 Å². The number of para-hydroxylation sites is 1. The van der Waals surface area contributed by atoms with E-state index in [0.717, 1.165) is 61.0 Å². The number of benzene rings is 4. The highest BCUT2D eigenvalue weighted by molar-refractivity contribution is 6.31. The Morgan fingerprint density at radius 1 is 0.577 bits per heavy atom. The molecular formula is C59H75Cl2FN8O8. The lowest BCUT2D eigenvalue weighted by Gasteiger charge is -2.31. The van der Waals surface area contributed by atoms with Crippen molar-refractivity contribution in [3.63, 3.8) is 0 Å². The van der Waals surface area contributed by atoms with Crippen molar-refractivity contribution in [2.75, 3.05) is 46.9 Å². The van der Waals surface area contributed by atoms with E-state index in [2.05, 4.69) is 31.9 Å². The summed E-state index contributed by atoms with van der Waals surface area (Å²) in [5.74, 6) is -0.170. The summed E-state index contributed by atoms with van der Waals surface area (Å²) in [4.78, 5) is 82.8. The lowest BCUT2D eigenvalue weighted by atomic mass is 10.0. The monoisotopic (exact) mass is 1110 g/mol. The summed E-state index contributed by atoms with van der Waals surface area (Å²) in [5, 5.41) is 19.5. The van der Waals surface area contributed by atoms with Crippen molar-refractivity contribution in [2.24, 2.45) is 11.8 Å². The first-order valence-electron chi connectivity index (χ1n) is 27.3. The first-order valence-corrected chi connectivity index (χ1v) is 28.0. The lowest BCUT2D eigenvalue weighted by Crippen LogP contribution is -2.57. The van der Waals surface area contributed by atoms with Gasteiger partial charge in [0.05, 0.1) is 12.1 Å². The molecule has 4 aromatic carbocycles. The first-order chi connectivity index (χ1) is 37.4. The van der Waals surface area contributed by atoms with E-state index in [1.54, 1.807) is 64.3 Å². The Kier molecular flexibility index (Phi) is 21.7. The summed E-state index contributed by atoms with van der Waals surface area (Å²) < 4.78 is 25.7. The fourth-order valence-corrected chi connectivity index (χ4v) is 9.79. The summed E-state index contributed by atoms with van der Waals surface area (Å²) in [7, 11) is 3.25. The van der Waals surface area contributed by atoms with Gasteiger partial charge < -0.3 is 51.2 Å². The zero-order valence-corrected chi connectivity index (χ0v) is 46.8. The fourth-order valence-electron chi connectivity index (χ4n) is 9.51. The molecule has 0 saturated heterocycles. The summed E-state index contributed by atoms with van der Waals surface area (Å²) in [6.07, 6.45) is 6.92. The van der Waals surface area contributed by atoms with Crippen LogP contribution in [0.1, 0.15) is 81.5 Å². The number of aryl methyl sites for hydroxylation is 2. The van der Waals surface area contributed by atoms with Crippen molar-refractivity contribution in [2.45, 2.75) is 127 Å². The van der Waals surface area contributed by atoms with Gasteiger partial charge in [-0.1, -0.05) is 71.7 Å². The van der Waals surface area contributed by atoms with Crippen LogP contribution in [0, 0.1) is 17.7 Å². The molecule has 2 fully saturated rings. The number of nitrogens with one attached hydrogen (secondary N) is 6. The molecule has 0 bridgehead atoms. The number of carbonyl (C=O) groups is 6. The minimum absolute atomic E-state index is 0.132. The van der Waals surface area contributed by atoms with Crippen LogP contribution in [0.3, 0.4) is 0 Å². The molecule has 420 valence electrons. The highest BCUT2D eigenvalue weighted by Gasteiger charge is 2.41. The molecule has 4 aromatic rings. The zero-order chi connectivity index (χ0) is 55.9. The number of carbonyl (C=O) groups excluding carboxylic acids is 6. The number of amides is 6. The largest absolute Gasteiger partial charge is 0.492 e. The van der Waals surface area contributed by atoms with Crippen LogP contribution < -0.4 is 41.4 Å². The fraction of sp³-hybridized carbons (Fsp3) is 0.492. The summed E-state index contributed by atoms with van der Waals surface area (Å²) in [6.45, 7) is 7.48. The average molecular weight is 1110 g/mol. The Hall–Kier alpha value is -6.27. The minimum Gasteiger partial charge on any atom is -0.492 e. The Morgan fingerprint density at radius 2 is 1.06 bits per heavy atom. The van der Waals surface area contributed by atoms with E-state index >= 15 is 0 Å². The highest BCUT2D eigenvalue weighted by atomic mass is 35.5. The van der Waals surface area contributed by atoms with Gasteiger partial charge in [-0.05, 0) is 149 Å². The van der Waals surface area contributed by atoms with Gasteiger partial charge in [-0.3, -0.25) is 28.8 Å². The molecule has 2 saturated carbocycles. The molecule has 6 amide bonds. The second-order valence-electron chi connectivity index (χ2n) is 21.0. The molecule has 4 aliphatic rings. The van der Waals surface area contributed by atoms with E-state index < -0.39 is 42.2 Å². The van der Waals surface area contributed by atoms with Crippen LogP contribution in [0.2, 0.25) is 10.0 Å². The molecule has 0 radical (unpaired) electrons. The van der Waals surface area contributed by atoms with Crippen LogP contribution in [-0.2, 0) is 54.5 Å². The predicted molar refractivity (Wildman–Crippen MR) is 299 cm³/mol. The highest BCUT2D eigenvalue weighted by Crippen LogP contribution is 2.35. The number of hydrogen-bond donors (Lipinski definition) is 6. The van der Waals surface area contributed by atoms with Crippen LogP contribution >= 0.6 is 23.2 Å². The van der Waals surface area contributed by atoms with Gasteiger partial charge in [-0.25, -0.2) is 4.39 Å². The summed E-state index contributed by atoms with van der Waals surface area (Å²) in [6, 6.07) is 22.4. The molecule has 2 aliphatic carbocycles. The van der Waals surface area contributed by atoms with Crippen LogP contribution in [-0.4, -0.2) is 134 Å². The van der Waals surface area contributed by atoms with Gasteiger partial charge >= 0.3 is 0 Å². The van der Waals surface area contributed by atoms with Gasteiger partial charge in [0.1, 0.15) is 54.2 Å². The van der Waals surface area contributed by atoms with Crippen LogP contribution in [0.5, 0.6) is 11.5 Å². The molecule has 7 atom stereocenters.